The van der Waals surface area contributed by atoms with Crippen molar-refractivity contribution in [3.05, 3.63) is 71.5 Å². The highest BCUT2D eigenvalue weighted by Crippen LogP contribution is 2.17. The lowest BCUT2D eigenvalue weighted by molar-refractivity contribution is -0.151. The number of nitrogens with one attached hydrogen (secondary N) is 1. The number of carbonyl (C=O) groups excluding carboxylic acids is 2. The number of hydrogen-bond acceptors (Lipinski definition) is 4. The maximum Gasteiger partial charge on any atom is 0.329 e. The van der Waals surface area contributed by atoms with Crippen LogP contribution >= 0.6 is 11.6 Å². The highest BCUT2D eigenvalue weighted by atomic mass is 35.5. The van der Waals surface area contributed by atoms with Crippen LogP contribution in [0.4, 0.5) is 0 Å². The number of pyridine rings is 1. The Bertz CT molecular complexity index is 773. The van der Waals surface area contributed by atoms with Crippen LogP contribution in [0.3, 0.4) is 0 Å². The van der Waals surface area contributed by atoms with E-state index in [1.165, 1.54) is 0 Å². The number of ether oxygens (including phenoxy) is 1. The molecule has 6 heteroatoms. The lowest BCUT2D eigenvalue weighted by Crippen LogP contribution is -2.44. The van der Waals surface area contributed by atoms with E-state index in [-0.39, 0.29) is 11.7 Å². The van der Waals surface area contributed by atoms with Crippen molar-refractivity contribution in [2.24, 2.45) is 0 Å². The van der Waals surface area contributed by atoms with Crippen LogP contribution < -0.4 is 5.32 Å². The Morgan fingerprint density at radius 1 is 1.15 bits per heavy atom. The highest BCUT2D eigenvalue weighted by molar-refractivity contribution is 6.30. The fraction of sp³-hybridized carbons (Fsp3) is 0.250. The smallest absolute Gasteiger partial charge is 0.329 e. The van der Waals surface area contributed by atoms with Gasteiger partial charge in [0.15, 0.2) is 0 Å². The predicted molar refractivity (Wildman–Crippen MR) is 102 cm³/mol. The van der Waals surface area contributed by atoms with Crippen molar-refractivity contribution >= 4 is 29.1 Å². The first-order valence-corrected chi connectivity index (χ1v) is 8.59. The Morgan fingerprint density at radius 3 is 2.35 bits per heavy atom. The summed E-state index contributed by atoms with van der Waals surface area (Å²) in [4.78, 5) is 28.9. The molecule has 0 radical (unpaired) electrons. The molecule has 0 aliphatic carbocycles. The normalized spacial score (nSPS) is 11.7. The molecule has 5 nitrogen and oxygen atoms in total. The molecule has 0 bridgehead atoms. The second-order valence-corrected chi connectivity index (χ2v) is 6.49. The van der Waals surface area contributed by atoms with E-state index >= 15 is 0 Å². The molecule has 0 saturated heterocycles. The molecule has 136 valence electrons. The third kappa shape index (κ3) is 5.70. The monoisotopic (exact) mass is 372 g/mol. The zero-order valence-electron chi connectivity index (χ0n) is 14.7. The number of benzene rings is 1. The zero-order valence-corrected chi connectivity index (χ0v) is 15.5. The fourth-order valence-electron chi connectivity index (χ4n) is 2.29. The van der Waals surface area contributed by atoms with Gasteiger partial charge in [0.1, 0.15) is 6.04 Å². The molecule has 1 unspecified atom stereocenters. The van der Waals surface area contributed by atoms with E-state index in [9.17, 15) is 9.59 Å². The van der Waals surface area contributed by atoms with Gasteiger partial charge in [0.05, 0.1) is 6.10 Å². The third-order valence-corrected chi connectivity index (χ3v) is 3.85. The molecule has 1 heterocycles. The van der Waals surface area contributed by atoms with Gasteiger partial charge in [-0.15, -0.1) is 0 Å². The summed E-state index contributed by atoms with van der Waals surface area (Å²) in [5.74, 6) is -0.929. The number of hydrogen-bond donors (Lipinski definition) is 1. The average molecular weight is 373 g/mol. The van der Waals surface area contributed by atoms with Crippen molar-refractivity contribution in [1.29, 1.82) is 0 Å². The molecule has 0 spiro atoms. The Balaban J connectivity index is 2.13. The summed E-state index contributed by atoms with van der Waals surface area (Å²) in [6, 6.07) is 9.51. The topological polar surface area (TPSA) is 68.3 Å². The van der Waals surface area contributed by atoms with Crippen LogP contribution in [-0.4, -0.2) is 29.0 Å². The molecule has 1 N–H and O–H groups in total. The number of rotatable bonds is 7. The average Bonchev–Trinajstić information content (AvgIpc) is 2.61. The first kappa shape index (κ1) is 19.7. The maximum absolute atomic E-state index is 12.6. The molecule has 0 aliphatic rings. The van der Waals surface area contributed by atoms with Gasteiger partial charge in [-0.25, -0.2) is 4.79 Å². The summed E-state index contributed by atoms with van der Waals surface area (Å²) < 4.78 is 5.27. The standard InChI is InChI=1S/C20H21ClN2O3/c1-13(2)26-20(25)18(12-15-8-10-22-11-9-15)23-19(24)14(3)16-4-6-17(21)7-5-16/h4-11,13,18H,3,12H2,1-2H3,(H,23,24). The summed E-state index contributed by atoms with van der Waals surface area (Å²) in [7, 11) is 0. The van der Waals surface area contributed by atoms with E-state index in [1.54, 1.807) is 62.6 Å². The molecule has 1 atom stereocenters. The summed E-state index contributed by atoms with van der Waals surface area (Å²) >= 11 is 5.86. The molecule has 0 aliphatic heterocycles. The molecular weight excluding hydrogens is 352 g/mol. The van der Waals surface area contributed by atoms with Gasteiger partial charge in [-0.3, -0.25) is 9.78 Å². The molecule has 26 heavy (non-hydrogen) atoms. The number of halogens is 1. The Morgan fingerprint density at radius 2 is 1.77 bits per heavy atom. The van der Waals surface area contributed by atoms with Gasteiger partial charge < -0.3 is 10.1 Å². The highest BCUT2D eigenvalue weighted by Gasteiger charge is 2.25. The van der Waals surface area contributed by atoms with Crippen molar-refractivity contribution in [2.75, 3.05) is 0 Å². The first-order chi connectivity index (χ1) is 12.4. The number of amides is 1. The van der Waals surface area contributed by atoms with Gasteiger partial charge in [-0.1, -0.05) is 30.3 Å². The van der Waals surface area contributed by atoms with Gasteiger partial charge >= 0.3 is 5.97 Å². The third-order valence-electron chi connectivity index (χ3n) is 3.60. The number of aromatic nitrogens is 1. The Hall–Kier alpha value is -2.66. The lowest BCUT2D eigenvalue weighted by Gasteiger charge is -2.20. The zero-order chi connectivity index (χ0) is 19.1. The molecule has 2 aromatic rings. The van der Waals surface area contributed by atoms with Crippen LogP contribution in [0.25, 0.3) is 5.57 Å². The molecule has 1 aromatic carbocycles. The minimum Gasteiger partial charge on any atom is -0.461 e. The van der Waals surface area contributed by atoms with E-state index in [0.29, 0.717) is 17.0 Å². The van der Waals surface area contributed by atoms with Crippen LogP contribution in [0.15, 0.2) is 55.4 Å². The van der Waals surface area contributed by atoms with Crippen molar-refractivity contribution in [2.45, 2.75) is 32.4 Å². The second kappa shape index (κ2) is 9.15. The number of nitrogens with zero attached hydrogens (tertiary/aromatic N) is 1. The van der Waals surface area contributed by atoms with Crippen molar-refractivity contribution in [3.63, 3.8) is 0 Å². The van der Waals surface area contributed by atoms with Crippen LogP contribution in [0.2, 0.25) is 5.02 Å². The fourth-order valence-corrected chi connectivity index (χ4v) is 2.42. The van der Waals surface area contributed by atoms with Crippen molar-refractivity contribution in [1.82, 2.24) is 10.3 Å². The van der Waals surface area contributed by atoms with Gasteiger partial charge in [0.2, 0.25) is 0 Å². The Kier molecular flexibility index (Phi) is 6.92. The molecule has 1 aromatic heterocycles. The van der Waals surface area contributed by atoms with Gasteiger partial charge in [-0.2, -0.15) is 0 Å². The molecular formula is C20H21ClN2O3. The van der Waals surface area contributed by atoms with E-state index in [0.717, 1.165) is 5.56 Å². The second-order valence-electron chi connectivity index (χ2n) is 6.06. The largest absolute Gasteiger partial charge is 0.461 e. The van der Waals surface area contributed by atoms with E-state index in [4.69, 9.17) is 16.3 Å². The van der Waals surface area contributed by atoms with Crippen LogP contribution in [-0.2, 0) is 20.7 Å². The minimum atomic E-state index is -0.823. The molecule has 0 fully saturated rings. The lowest BCUT2D eigenvalue weighted by atomic mass is 10.0. The van der Waals surface area contributed by atoms with Gasteiger partial charge in [0, 0.05) is 29.4 Å². The first-order valence-electron chi connectivity index (χ1n) is 8.22. The quantitative estimate of drug-likeness (QED) is 0.597. The van der Waals surface area contributed by atoms with E-state index in [1.807, 2.05) is 0 Å². The van der Waals surface area contributed by atoms with Crippen LogP contribution in [0.5, 0.6) is 0 Å². The van der Waals surface area contributed by atoms with Gasteiger partial charge in [0.25, 0.3) is 5.91 Å². The predicted octanol–water partition coefficient (Wildman–Crippen LogP) is 3.43. The molecule has 1 amide bonds. The molecule has 0 saturated carbocycles. The Labute approximate surface area is 158 Å². The SMILES string of the molecule is C=C(C(=O)NC(Cc1ccncc1)C(=O)OC(C)C)c1ccc(Cl)cc1. The summed E-state index contributed by atoms with van der Waals surface area (Å²) in [6.45, 7) is 7.34. The van der Waals surface area contributed by atoms with Gasteiger partial charge in [-0.05, 0) is 49.2 Å². The van der Waals surface area contributed by atoms with Crippen LogP contribution in [0, 0.1) is 0 Å². The van der Waals surface area contributed by atoms with E-state index < -0.39 is 17.9 Å². The van der Waals surface area contributed by atoms with Crippen molar-refractivity contribution in [3.8, 4) is 0 Å². The summed E-state index contributed by atoms with van der Waals surface area (Å²) in [6.07, 6.45) is 3.29. The van der Waals surface area contributed by atoms with Crippen molar-refractivity contribution < 1.29 is 14.3 Å². The number of carbonyl (C=O) groups is 2. The molecule has 2 rings (SSSR count). The van der Waals surface area contributed by atoms with E-state index in [2.05, 4.69) is 16.9 Å². The summed E-state index contributed by atoms with van der Waals surface area (Å²) in [5, 5.41) is 3.28. The maximum atomic E-state index is 12.6. The van der Waals surface area contributed by atoms with Crippen LogP contribution in [0.1, 0.15) is 25.0 Å². The number of esters is 1. The summed E-state index contributed by atoms with van der Waals surface area (Å²) in [5.41, 5.74) is 1.74. The minimum absolute atomic E-state index is 0.249.